The molecule has 0 saturated heterocycles. The minimum Gasteiger partial charge on any atom is -0.462 e. The van der Waals surface area contributed by atoms with Crippen LogP contribution in [-0.2, 0) is 65.4 Å². The van der Waals surface area contributed by atoms with Crippen molar-refractivity contribution in [3.63, 3.8) is 0 Å². The number of esters is 4. The number of hydrogen-bond donors (Lipinski definition) is 3. The van der Waals surface area contributed by atoms with Gasteiger partial charge in [0, 0.05) is 25.7 Å². The molecule has 5 atom stereocenters. The number of phosphoric acid groups is 2. The van der Waals surface area contributed by atoms with Crippen LogP contribution in [0.1, 0.15) is 349 Å². The van der Waals surface area contributed by atoms with Crippen LogP contribution in [0.25, 0.3) is 0 Å². The van der Waals surface area contributed by atoms with Crippen LogP contribution in [0.2, 0.25) is 0 Å². The first kappa shape index (κ1) is 101. The average molecular weight is 1530 g/mol. The molecule has 0 heterocycles. The second-order valence-corrected chi connectivity index (χ2v) is 30.6. The summed E-state index contributed by atoms with van der Waals surface area (Å²) in [7, 11) is -9.99. The number of rotatable bonds is 78. The van der Waals surface area contributed by atoms with Gasteiger partial charge in [0.1, 0.15) is 19.3 Å². The van der Waals surface area contributed by atoms with Crippen molar-refractivity contribution in [3.05, 3.63) is 122 Å². The normalized spacial score (nSPS) is 14.4. The number of phosphoric ester groups is 2. The van der Waals surface area contributed by atoms with Crippen molar-refractivity contribution in [2.24, 2.45) is 0 Å². The summed E-state index contributed by atoms with van der Waals surface area (Å²) in [5.74, 6) is -2.26. The van der Waals surface area contributed by atoms with Crippen LogP contribution in [0.15, 0.2) is 122 Å². The molecule has 0 aromatic heterocycles. The van der Waals surface area contributed by atoms with Gasteiger partial charge in [0.2, 0.25) is 0 Å². The Bertz CT molecular complexity index is 2480. The molecule has 17 nitrogen and oxygen atoms in total. The number of carbonyl (C=O) groups excluding carboxylic acids is 4. The molecule has 0 aliphatic rings. The van der Waals surface area contributed by atoms with Crippen molar-refractivity contribution in [1.29, 1.82) is 0 Å². The lowest BCUT2D eigenvalue weighted by Crippen LogP contribution is -2.30. The van der Waals surface area contributed by atoms with E-state index in [0.29, 0.717) is 32.1 Å². The van der Waals surface area contributed by atoms with Crippen LogP contribution in [0.4, 0.5) is 0 Å². The highest BCUT2D eigenvalue weighted by molar-refractivity contribution is 7.47. The lowest BCUT2D eigenvalue weighted by molar-refractivity contribution is -0.161. The van der Waals surface area contributed by atoms with Gasteiger partial charge in [-0.1, -0.05) is 310 Å². The third-order valence-corrected chi connectivity index (χ3v) is 19.3. The van der Waals surface area contributed by atoms with E-state index < -0.39 is 97.5 Å². The second-order valence-electron chi connectivity index (χ2n) is 27.7. The van der Waals surface area contributed by atoms with Crippen LogP contribution < -0.4 is 0 Å². The molecule has 0 radical (unpaired) electrons. The number of carbonyl (C=O) groups is 4. The maximum Gasteiger partial charge on any atom is 0.472 e. The Labute approximate surface area is 644 Å². The molecular formula is C87H150O17P2. The summed E-state index contributed by atoms with van der Waals surface area (Å²) < 4.78 is 68.7. The highest BCUT2D eigenvalue weighted by Crippen LogP contribution is 2.45. The molecule has 0 aromatic carbocycles. The number of aliphatic hydroxyl groups excluding tert-OH is 1. The van der Waals surface area contributed by atoms with Crippen molar-refractivity contribution >= 4 is 39.5 Å². The Balaban J connectivity index is 5.43. The van der Waals surface area contributed by atoms with Gasteiger partial charge in [0.25, 0.3) is 0 Å². The summed E-state index contributed by atoms with van der Waals surface area (Å²) in [6, 6.07) is 0. The first-order chi connectivity index (χ1) is 51.7. The molecule has 0 bridgehead atoms. The molecule has 0 aliphatic heterocycles. The summed E-state index contributed by atoms with van der Waals surface area (Å²) in [6.45, 7) is 4.66. The van der Waals surface area contributed by atoms with Crippen molar-refractivity contribution in [3.8, 4) is 0 Å². The van der Waals surface area contributed by atoms with Crippen molar-refractivity contribution < 1.29 is 80.2 Å². The first-order valence-electron chi connectivity index (χ1n) is 41.8. The van der Waals surface area contributed by atoms with Crippen LogP contribution in [0.5, 0.6) is 0 Å². The fraction of sp³-hybridized carbons (Fsp3) is 0.724. The maximum atomic E-state index is 13.1. The Morgan fingerprint density at radius 3 is 0.811 bits per heavy atom. The summed E-state index contributed by atoms with van der Waals surface area (Å²) >= 11 is 0. The minimum absolute atomic E-state index is 0.0116. The van der Waals surface area contributed by atoms with Crippen LogP contribution in [0.3, 0.4) is 0 Å². The lowest BCUT2D eigenvalue weighted by atomic mass is 10.0. The van der Waals surface area contributed by atoms with Gasteiger partial charge in [-0.2, -0.15) is 0 Å². The van der Waals surface area contributed by atoms with E-state index in [-0.39, 0.29) is 25.7 Å². The lowest BCUT2D eigenvalue weighted by Gasteiger charge is -2.21. The molecule has 106 heavy (non-hydrogen) atoms. The van der Waals surface area contributed by atoms with E-state index in [0.717, 1.165) is 161 Å². The molecule has 0 saturated carbocycles. The third kappa shape index (κ3) is 77.6. The summed E-state index contributed by atoms with van der Waals surface area (Å²) in [6.07, 6.45) is 87.4. The molecule has 5 unspecified atom stereocenters. The second kappa shape index (κ2) is 78.6. The number of unbranched alkanes of at least 4 members (excludes halogenated alkanes) is 32. The Hall–Kier alpha value is -4.54. The molecule has 0 fully saturated rings. The predicted molar refractivity (Wildman–Crippen MR) is 436 cm³/mol. The highest BCUT2D eigenvalue weighted by Gasteiger charge is 2.30. The predicted octanol–water partition coefficient (Wildman–Crippen LogP) is 24.7. The van der Waals surface area contributed by atoms with Gasteiger partial charge in [-0.15, -0.1) is 0 Å². The minimum atomic E-state index is -5.00. The summed E-state index contributed by atoms with van der Waals surface area (Å²) in [4.78, 5) is 73.1. The van der Waals surface area contributed by atoms with E-state index in [9.17, 15) is 43.2 Å². The molecule has 3 N–H and O–H groups in total. The fourth-order valence-corrected chi connectivity index (χ4v) is 12.6. The van der Waals surface area contributed by atoms with Gasteiger partial charge in [0.15, 0.2) is 12.2 Å². The van der Waals surface area contributed by atoms with E-state index in [1.807, 2.05) is 12.2 Å². The van der Waals surface area contributed by atoms with Gasteiger partial charge >= 0.3 is 39.5 Å². The standard InChI is InChI=1S/C87H150O17P2/c1-5-9-13-17-21-25-29-33-37-39-40-42-45-48-52-56-60-64-68-72-85(90)98-78-83(104-87(92)74-70-66-62-58-54-50-46-41-38-34-30-26-22-18-14-10-6-2)80-102-106(95,96)100-76-81(88)75-99-105(93,94)101-79-82(103-86(91)73-69-65-61-57-53-49-44-36-32-28-24-20-16-12-8-4)77-97-84(89)71-67-63-59-55-51-47-43-35-31-27-23-19-15-11-7-3/h10,14,21-23,25-27,33-35,37-38,40,42-43,46,50,58,62,81-83,88H,5-9,11-13,15-20,24,28-32,36,39,41,44-45,47-49,51-57,59-61,63-80H2,1-4H3,(H,93,94)(H,95,96)/b14-10-,25-21-,26-22-,27-23-,37-33-,38-34-,42-40-,43-35-,50-46-,62-58-. The Kier molecular flexibility index (Phi) is 75.2. The SMILES string of the molecule is CC/C=C\C/C=C\C/C=C\C/C=C\C/C=C\CCCC(=O)OC(COC(=O)CCCCCCCC/C=C\C/C=C\C/C=C\CCCCC)COP(=O)(O)OCC(O)COP(=O)(O)OCC(COC(=O)CCCCCCC/C=C\C/C=C\CCCCC)OC(=O)CCCCCCCCCCCCCCCCC. The third-order valence-electron chi connectivity index (χ3n) is 17.4. The van der Waals surface area contributed by atoms with Crippen molar-refractivity contribution in [2.45, 2.75) is 367 Å². The van der Waals surface area contributed by atoms with Crippen molar-refractivity contribution in [2.75, 3.05) is 39.6 Å². The average Bonchev–Trinajstić information content (AvgIpc) is 0.907. The van der Waals surface area contributed by atoms with E-state index in [1.54, 1.807) is 0 Å². The van der Waals surface area contributed by atoms with Crippen LogP contribution in [-0.4, -0.2) is 96.7 Å². The van der Waals surface area contributed by atoms with Gasteiger partial charge in [0.05, 0.1) is 26.4 Å². The van der Waals surface area contributed by atoms with E-state index in [4.69, 9.17) is 37.0 Å². The first-order valence-corrected chi connectivity index (χ1v) is 44.8. The molecule has 0 rings (SSSR count). The van der Waals surface area contributed by atoms with Gasteiger partial charge < -0.3 is 33.8 Å². The van der Waals surface area contributed by atoms with Crippen molar-refractivity contribution in [1.82, 2.24) is 0 Å². The smallest absolute Gasteiger partial charge is 0.462 e. The van der Waals surface area contributed by atoms with Crippen LogP contribution >= 0.6 is 15.6 Å². The van der Waals surface area contributed by atoms with Gasteiger partial charge in [-0.05, 0) is 135 Å². The Morgan fingerprint density at radius 2 is 0.500 bits per heavy atom. The molecule has 610 valence electrons. The molecule has 0 aliphatic carbocycles. The maximum absolute atomic E-state index is 13.1. The number of ether oxygens (including phenoxy) is 4. The fourth-order valence-electron chi connectivity index (χ4n) is 11.1. The molecule has 0 spiro atoms. The van der Waals surface area contributed by atoms with E-state index in [1.165, 1.54) is 103 Å². The summed E-state index contributed by atoms with van der Waals surface area (Å²) in [5, 5.41) is 10.7. The molecule has 19 heteroatoms. The molecule has 0 amide bonds. The number of hydrogen-bond acceptors (Lipinski definition) is 15. The molecular weight excluding hydrogens is 1380 g/mol. The van der Waals surface area contributed by atoms with Gasteiger partial charge in [-0.25, -0.2) is 9.13 Å². The topological polar surface area (TPSA) is 237 Å². The van der Waals surface area contributed by atoms with Crippen LogP contribution in [0, 0.1) is 0 Å². The quantitative estimate of drug-likeness (QED) is 0.0169. The highest BCUT2D eigenvalue weighted by atomic mass is 31.2. The zero-order valence-corrected chi connectivity index (χ0v) is 68.6. The number of allylic oxidation sites excluding steroid dienone is 20. The zero-order valence-electron chi connectivity index (χ0n) is 66.8. The van der Waals surface area contributed by atoms with E-state index in [2.05, 4.69) is 137 Å². The summed E-state index contributed by atoms with van der Waals surface area (Å²) in [5.41, 5.74) is 0. The molecule has 0 aromatic rings. The zero-order chi connectivity index (χ0) is 77.4. The number of aliphatic hydroxyl groups is 1. The monoisotopic (exact) mass is 1530 g/mol. The Morgan fingerprint density at radius 1 is 0.274 bits per heavy atom. The largest absolute Gasteiger partial charge is 0.472 e. The van der Waals surface area contributed by atoms with Gasteiger partial charge in [-0.3, -0.25) is 37.3 Å². The van der Waals surface area contributed by atoms with E-state index >= 15 is 0 Å².